The van der Waals surface area contributed by atoms with E-state index >= 15 is 0 Å². The van der Waals surface area contributed by atoms with Crippen LogP contribution in [0.4, 0.5) is 13.2 Å². The number of thiazole rings is 1. The van der Waals surface area contributed by atoms with E-state index in [1.165, 1.54) is 11.3 Å². The Balaban J connectivity index is 1.64. The molecule has 2 aromatic heterocycles. The minimum Gasteiger partial charge on any atom is -0.344 e. The van der Waals surface area contributed by atoms with E-state index in [1.54, 1.807) is 48.5 Å². The van der Waals surface area contributed by atoms with Gasteiger partial charge in [0.05, 0.1) is 33.1 Å². The summed E-state index contributed by atoms with van der Waals surface area (Å²) < 4.78 is 41.3. The lowest BCUT2D eigenvalue weighted by Crippen LogP contribution is -2.26. The molecule has 10 heteroatoms. The van der Waals surface area contributed by atoms with Crippen molar-refractivity contribution in [3.8, 4) is 16.9 Å². The van der Waals surface area contributed by atoms with Crippen molar-refractivity contribution in [1.82, 2.24) is 20.1 Å². The Labute approximate surface area is 196 Å². The van der Waals surface area contributed by atoms with E-state index in [4.69, 9.17) is 11.6 Å². The molecule has 0 aliphatic heterocycles. The fourth-order valence-corrected chi connectivity index (χ4v) is 4.18. The van der Waals surface area contributed by atoms with Crippen molar-refractivity contribution in [3.63, 3.8) is 0 Å². The largest absolute Gasteiger partial charge is 0.435 e. The van der Waals surface area contributed by atoms with Gasteiger partial charge in [-0.25, -0.2) is 9.67 Å². The number of aryl methyl sites for hydroxylation is 1. The Morgan fingerprint density at radius 2 is 1.85 bits per heavy atom. The number of alkyl halides is 3. The van der Waals surface area contributed by atoms with Crippen LogP contribution in [0.1, 0.15) is 39.7 Å². The molecule has 1 N–H and O–H groups in total. The van der Waals surface area contributed by atoms with Gasteiger partial charge in [0.15, 0.2) is 5.69 Å². The summed E-state index contributed by atoms with van der Waals surface area (Å²) in [6, 6.07) is 13.5. The molecule has 1 unspecified atom stereocenters. The maximum atomic E-state index is 13.4. The maximum Gasteiger partial charge on any atom is 0.435 e. The fraction of sp³-hybridized carbons (Fsp3) is 0.174. The van der Waals surface area contributed by atoms with Crippen molar-refractivity contribution in [2.45, 2.75) is 26.1 Å². The fourth-order valence-electron chi connectivity index (χ4n) is 3.26. The summed E-state index contributed by atoms with van der Waals surface area (Å²) in [7, 11) is 0. The second-order valence-corrected chi connectivity index (χ2v) is 8.81. The van der Waals surface area contributed by atoms with Crippen LogP contribution in [-0.4, -0.2) is 20.7 Å². The van der Waals surface area contributed by atoms with Crippen molar-refractivity contribution in [2.24, 2.45) is 0 Å². The molecule has 0 fully saturated rings. The quantitative estimate of drug-likeness (QED) is 0.349. The Hall–Kier alpha value is -3.17. The summed E-state index contributed by atoms with van der Waals surface area (Å²) in [4.78, 5) is 17.0. The van der Waals surface area contributed by atoms with Crippen molar-refractivity contribution in [2.75, 3.05) is 0 Å². The Morgan fingerprint density at radius 1 is 1.15 bits per heavy atom. The van der Waals surface area contributed by atoms with Gasteiger partial charge in [0.2, 0.25) is 0 Å². The van der Waals surface area contributed by atoms with E-state index in [2.05, 4.69) is 15.4 Å². The van der Waals surface area contributed by atoms with Crippen LogP contribution in [0.2, 0.25) is 5.02 Å². The molecular formula is C23H18ClF3N4OS. The zero-order valence-electron chi connectivity index (χ0n) is 17.5. The standard InChI is InChI=1S/C23H18ClF3N4OS/c1-13(18-12-33-14(2)29-18)28-22(32)16-9-7-15(8-10-16)20-11-21(23(25,26)27)30-31(20)19-6-4-3-5-17(19)24/h3-13H,1-2H3,(H,28,32). The molecule has 0 saturated heterocycles. The summed E-state index contributed by atoms with van der Waals surface area (Å²) in [5.74, 6) is -0.310. The molecular weight excluding hydrogens is 473 g/mol. The number of nitrogens with one attached hydrogen (secondary N) is 1. The van der Waals surface area contributed by atoms with Crippen LogP contribution in [0.3, 0.4) is 0 Å². The Kier molecular flexibility index (Phi) is 6.27. The highest BCUT2D eigenvalue weighted by Crippen LogP contribution is 2.34. The van der Waals surface area contributed by atoms with E-state index in [0.717, 1.165) is 21.4 Å². The molecule has 1 atom stereocenters. The highest BCUT2D eigenvalue weighted by Gasteiger charge is 2.35. The van der Waals surface area contributed by atoms with Gasteiger partial charge in [-0.1, -0.05) is 35.9 Å². The SMILES string of the molecule is Cc1nc(C(C)NC(=O)c2ccc(-c3cc(C(F)(F)F)nn3-c3ccccc3Cl)cc2)cs1. The van der Waals surface area contributed by atoms with Gasteiger partial charge in [0.25, 0.3) is 5.91 Å². The van der Waals surface area contributed by atoms with Gasteiger partial charge in [-0.05, 0) is 44.2 Å². The molecule has 0 spiro atoms. The summed E-state index contributed by atoms with van der Waals surface area (Å²) in [5, 5.41) is 9.67. The van der Waals surface area contributed by atoms with Crippen LogP contribution < -0.4 is 5.32 Å². The van der Waals surface area contributed by atoms with Gasteiger partial charge in [0.1, 0.15) is 0 Å². The molecule has 0 radical (unpaired) electrons. The van der Waals surface area contributed by atoms with Crippen molar-refractivity contribution >= 4 is 28.8 Å². The van der Waals surface area contributed by atoms with Gasteiger partial charge >= 0.3 is 6.18 Å². The third-order valence-corrected chi connectivity index (χ3v) is 6.06. The Bertz CT molecular complexity index is 1300. The smallest absolute Gasteiger partial charge is 0.344 e. The highest BCUT2D eigenvalue weighted by molar-refractivity contribution is 7.09. The molecule has 1 amide bonds. The lowest BCUT2D eigenvalue weighted by Gasteiger charge is -2.12. The van der Waals surface area contributed by atoms with E-state index in [-0.39, 0.29) is 22.7 Å². The number of rotatable bonds is 5. The van der Waals surface area contributed by atoms with Crippen LogP contribution in [0.15, 0.2) is 60.0 Å². The molecule has 0 aliphatic carbocycles. The average Bonchev–Trinajstić information content (AvgIpc) is 3.41. The number of benzene rings is 2. The number of para-hydroxylation sites is 1. The molecule has 2 aromatic carbocycles. The second-order valence-electron chi connectivity index (χ2n) is 7.34. The average molecular weight is 491 g/mol. The number of halogens is 4. The first-order valence-electron chi connectivity index (χ1n) is 9.89. The van der Waals surface area contributed by atoms with Crippen molar-refractivity contribution in [1.29, 1.82) is 0 Å². The van der Waals surface area contributed by atoms with E-state index in [0.29, 0.717) is 16.8 Å². The van der Waals surface area contributed by atoms with Gasteiger partial charge in [-0.3, -0.25) is 4.79 Å². The monoisotopic (exact) mass is 490 g/mol. The Morgan fingerprint density at radius 3 is 2.45 bits per heavy atom. The number of hydrogen-bond acceptors (Lipinski definition) is 4. The number of hydrogen-bond donors (Lipinski definition) is 1. The van der Waals surface area contributed by atoms with E-state index in [9.17, 15) is 18.0 Å². The lowest BCUT2D eigenvalue weighted by molar-refractivity contribution is -0.141. The van der Waals surface area contributed by atoms with Crippen LogP contribution in [-0.2, 0) is 6.18 Å². The molecule has 0 saturated carbocycles. The van der Waals surface area contributed by atoms with Gasteiger partial charge in [-0.15, -0.1) is 11.3 Å². The lowest BCUT2D eigenvalue weighted by atomic mass is 10.1. The van der Waals surface area contributed by atoms with Gasteiger partial charge in [-0.2, -0.15) is 18.3 Å². The van der Waals surface area contributed by atoms with Gasteiger partial charge in [0, 0.05) is 16.5 Å². The topological polar surface area (TPSA) is 59.8 Å². The summed E-state index contributed by atoms with van der Waals surface area (Å²) in [6.07, 6.45) is -4.62. The zero-order chi connectivity index (χ0) is 23.8. The van der Waals surface area contributed by atoms with Crippen molar-refractivity contribution < 1.29 is 18.0 Å². The third-order valence-electron chi connectivity index (χ3n) is 4.95. The molecule has 4 rings (SSSR count). The number of aromatic nitrogens is 3. The first-order valence-corrected chi connectivity index (χ1v) is 11.1. The minimum atomic E-state index is -4.62. The van der Waals surface area contributed by atoms with Crippen LogP contribution in [0.5, 0.6) is 0 Å². The predicted molar refractivity (Wildman–Crippen MR) is 122 cm³/mol. The highest BCUT2D eigenvalue weighted by atomic mass is 35.5. The van der Waals surface area contributed by atoms with E-state index in [1.807, 2.05) is 19.2 Å². The molecule has 4 aromatic rings. The molecule has 5 nitrogen and oxygen atoms in total. The van der Waals surface area contributed by atoms with Crippen molar-refractivity contribution in [3.05, 3.63) is 87.0 Å². The summed E-state index contributed by atoms with van der Waals surface area (Å²) in [5.41, 5.74) is 1.08. The van der Waals surface area contributed by atoms with Crippen LogP contribution in [0, 0.1) is 6.92 Å². The number of carbonyl (C=O) groups excluding carboxylic acids is 1. The number of amides is 1. The first kappa shape index (κ1) is 23.0. The second kappa shape index (κ2) is 8.99. The van der Waals surface area contributed by atoms with E-state index < -0.39 is 11.9 Å². The van der Waals surface area contributed by atoms with Crippen LogP contribution >= 0.6 is 22.9 Å². The summed E-state index contributed by atoms with van der Waals surface area (Å²) in [6.45, 7) is 3.72. The number of carbonyl (C=O) groups is 1. The molecule has 33 heavy (non-hydrogen) atoms. The zero-order valence-corrected chi connectivity index (χ0v) is 19.1. The number of nitrogens with zero attached hydrogens (tertiary/aromatic N) is 3. The summed E-state index contributed by atoms with van der Waals surface area (Å²) >= 11 is 7.71. The van der Waals surface area contributed by atoms with Gasteiger partial charge < -0.3 is 5.32 Å². The predicted octanol–water partition coefficient (Wildman–Crippen LogP) is 6.47. The molecule has 0 aliphatic rings. The molecule has 0 bridgehead atoms. The first-order chi connectivity index (χ1) is 15.6. The van der Waals surface area contributed by atoms with Crippen LogP contribution in [0.25, 0.3) is 16.9 Å². The maximum absolute atomic E-state index is 13.4. The molecule has 2 heterocycles. The minimum absolute atomic E-state index is 0.202. The normalized spacial score (nSPS) is 12.5. The third kappa shape index (κ3) is 4.94. The molecule has 170 valence electrons.